The molecule has 0 aliphatic rings. The van der Waals surface area contributed by atoms with E-state index in [0.29, 0.717) is 10.9 Å². The maximum atomic E-state index is 12.8. The first-order valence-electron chi connectivity index (χ1n) is 8.71. The molecular weight excluding hydrogens is 428 g/mol. The van der Waals surface area contributed by atoms with E-state index in [-0.39, 0.29) is 33.5 Å². The number of anilines is 1. The van der Waals surface area contributed by atoms with Crippen molar-refractivity contribution in [2.75, 3.05) is 11.1 Å². The molecule has 1 N–H and O–H groups in total. The van der Waals surface area contributed by atoms with Crippen molar-refractivity contribution in [2.24, 2.45) is 14.1 Å². The van der Waals surface area contributed by atoms with Gasteiger partial charge in [-0.3, -0.25) is 18.7 Å². The van der Waals surface area contributed by atoms with Gasteiger partial charge in [-0.25, -0.2) is 19.7 Å². The van der Waals surface area contributed by atoms with Gasteiger partial charge in [0.15, 0.2) is 22.4 Å². The summed E-state index contributed by atoms with van der Waals surface area (Å²) in [5.74, 6) is 0.306. The van der Waals surface area contributed by atoms with Gasteiger partial charge in [-0.15, -0.1) is 11.3 Å². The molecule has 0 saturated heterocycles. The van der Waals surface area contributed by atoms with Gasteiger partial charge in [-0.1, -0.05) is 11.8 Å². The number of furan rings is 1. The zero-order valence-corrected chi connectivity index (χ0v) is 17.8. The smallest absolute Gasteiger partial charge is 0.332 e. The number of amides is 1. The Morgan fingerprint density at radius 2 is 2.03 bits per heavy atom. The van der Waals surface area contributed by atoms with Gasteiger partial charge in [-0.05, 0) is 19.1 Å². The molecule has 1 amide bonds. The molecule has 0 fully saturated rings. The van der Waals surface area contributed by atoms with E-state index < -0.39 is 11.2 Å². The van der Waals surface area contributed by atoms with Crippen LogP contribution in [0.15, 0.2) is 42.8 Å². The standard InChI is InChI=1S/C18H16N6O4S2/c1-9-7-30-17(19-9)20-11(25)8-29-15-12-14(23(2)18(27)24(3)16(12)26)21-13(22-15)10-5-4-6-28-10/h4-7H,8H2,1-3H3,(H,19,20,25). The summed E-state index contributed by atoms with van der Waals surface area (Å²) >= 11 is 2.41. The Labute approximate surface area is 177 Å². The van der Waals surface area contributed by atoms with Crippen molar-refractivity contribution in [3.05, 3.63) is 50.3 Å². The molecule has 4 rings (SSSR count). The molecule has 0 bridgehead atoms. The molecule has 154 valence electrons. The highest BCUT2D eigenvalue weighted by Gasteiger charge is 2.20. The summed E-state index contributed by atoms with van der Waals surface area (Å²) in [7, 11) is 2.91. The lowest BCUT2D eigenvalue weighted by Crippen LogP contribution is -2.37. The van der Waals surface area contributed by atoms with Crippen LogP contribution in [0.4, 0.5) is 5.13 Å². The fourth-order valence-corrected chi connectivity index (χ4v) is 4.27. The highest BCUT2D eigenvalue weighted by atomic mass is 32.2. The first-order valence-corrected chi connectivity index (χ1v) is 10.6. The van der Waals surface area contributed by atoms with E-state index >= 15 is 0 Å². The summed E-state index contributed by atoms with van der Waals surface area (Å²) in [5.41, 5.74) is -0.0535. The quantitative estimate of drug-likeness (QED) is 0.365. The monoisotopic (exact) mass is 444 g/mol. The Hall–Kier alpha value is -3.25. The number of hydrogen-bond donors (Lipinski definition) is 1. The number of aryl methyl sites for hydroxylation is 2. The summed E-state index contributed by atoms with van der Waals surface area (Å²) < 4.78 is 7.62. The van der Waals surface area contributed by atoms with Crippen molar-refractivity contribution in [2.45, 2.75) is 11.9 Å². The van der Waals surface area contributed by atoms with E-state index in [1.165, 1.54) is 36.3 Å². The van der Waals surface area contributed by atoms with Gasteiger partial charge in [0.05, 0.1) is 17.7 Å². The maximum Gasteiger partial charge on any atom is 0.332 e. The Bertz CT molecular complexity index is 1370. The number of fused-ring (bicyclic) bond motifs is 1. The van der Waals surface area contributed by atoms with Crippen LogP contribution in [0, 0.1) is 6.92 Å². The van der Waals surface area contributed by atoms with Gasteiger partial charge < -0.3 is 9.73 Å². The zero-order chi connectivity index (χ0) is 21.4. The Kier molecular flexibility index (Phi) is 5.26. The molecule has 0 atom stereocenters. The second-order valence-corrected chi connectivity index (χ2v) is 8.19. The van der Waals surface area contributed by atoms with E-state index in [1.807, 2.05) is 12.3 Å². The van der Waals surface area contributed by atoms with Crippen LogP contribution in [-0.2, 0) is 18.9 Å². The van der Waals surface area contributed by atoms with Crippen molar-refractivity contribution in [1.29, 1.82) is 0 Å². The molecule has 4 heterocycles. The molecule has 10 nitrogen and oxygen atoms in total. The summed E-state index contributed by atoms with van der Waals surface area (Å²) in [4.78, 5) is 50.5. The summed E-state index contributed by atoms with van der Waals surface area (Å²) in [6.07, 6.45) is 1.47. The number of aromatic nitrogens is 5. The van der Waals surface area contributed by atoms with Gasteiger partial charge >= 0.3 is 5.69 Å². The number of nitrogens with zero attached hydrogens (tertiary/aromatic N) is 5. The number of nitrogens with one attached hydrogen (secondary N) is 1. The molecule has 0 spiro atoms. The van der Waals surface area contributed by atoms with Crippen LogP contribution < -0.4 is 16.6 Å². The van der Waals surface area contributed by atoms with E-state index in [1.54, 1.807) is 12.1 Å². The Morgan fingerprint density at radius 1 is 1.23 bits per heavy atom. The Morgan fingerprint density at radius 3 is 2.70 bits per heavy atom. The number of carbonyl (C=O) groups is 1. The van der Waals surface area contributed by atoms with Crippen molar-refractivity contribution >= 4 is 45.2 Å². The molecule has 0 saturated carbocycles. The molecule has 0 radical (unpaired) electrons. The van der Waals surface area contributed by atoms with Crippen LogP contribution in [0.3, 0.4) is 0 Å². The minimum atomic E-state index is -0.530. The van der Waals surface area contributed by atoms with Crippen molar-refractivity contribution in [1.82, 2.24) is 24.1 Å². The summed E-state index contributed by atoms with van der Waals surface area (Å²) in [6, 6.07) is 3.36. The number of rotatable bonds is 5. The van der Waals surface area contributed by atoms with Crippen LogP contribution in [0.25, 0.3) is 22.6 Å². The Balaban J connectivity index is 1.76. The number of carbonyl (C=O) groups excluding carboxylic acids is 1. The fraction of sp³-hybridized carbons (Fsp3) is 0.222. The topological polar surface area (TPSA) is 125 Å². The highest BCUT2D eigenvalue weighted by molar-refractivity contribution is 8.00. The van der Waals surface area contributed by atoms with Gasteiger partial charge in [-0.2, -0.15) is 0 Å². The molecule has 30 heavy (non-hydrogen) atoms. The second kappa shape index (κ2) is 7.88. The van der Waals surface area contributed by atoms with Gasteiger partial charge in [0.2, 0.25) is 5.91 Å². The zero-order valence-electron chi connectivity index (χ0n) is 16.2. The third-order valence-corrected chi connectivity index (χ3v) is 6.06. The van der Waals surface area contributed by atoms with Gasteiger partial charge in [0, 0.05) is 19.5 Å². The number of hydrogen-bond acceptors (Lipinski definition) is 9. The number of thiazole rings is 1. The largest absolute Gasteiger partial charge is 0.461 e. The van der Waals surface area contributed by atoms with Crippen LogP contribution in [0.2, 0.25) is 0 Å². The minimum Gasteiger partial charge on any atom is -0.461 e. The van der Waals surface area contributed by atoms with E-state index in [9.17, 15) is 14.4 Å². The summed E-state index contributed by atoms with van der Waals surface area (Å²) in [5, 5.41) is 5.50. The maximum absolute atomic E-state index is 12.8. The molecule has 0 aliphatic carbocycles. The van der Waals surface area contributed by atoms with Crippen LogP contribution in [0.5, 0.6) is 0 Å². The SMILES string of the molecule is Cc1csc(NC(=O)CSc2nc(-c3ccco3)nc3c2c(=O)n(C)c(=O)n3C)n1. The van der Waals surface area contributed by atoms with Gasteiger partial charge in [0.25, 0.3) is 5.56 Å². The molecule has 0 aromatic carbocycles. The van der Waals surface area contributed by atoms with Crippen LogP contribution in [-0.4, -0.2) is 35.7 Å². The molecule has 12 heteroatoms. The number of thioether (sulfide) groups is 1. The first-order chi connectivity index (χ1) is 14.3. The van der Waals surface area contributed by atoms with Crippen molar-refractivity contribution in [3.8, 4) is 11.6 Å². The predicted molar refractivity (Wildman–Crippen MR) is 114 cm³/mol. The lowest BCUT2D eigenvalue weighted by atomic mass is 10.3. The third-order valence-electron chi connectivity index (χ3n) is 4.21. The first kappa shape index (κ1) is 20.0. The van der Waals surface area contributed by atoms with Crippen molar-refractivity contribution < 1.29 is 9.21 Å². The lowest BCUT2D eigenvalue weighted by Gasteiger charge is -2.11. The molecule has 0 aliphatic heterocycles. The average molecular weight is 444 g/mol. The average Bonchev–Trinajstić information content (AvgIpc) is 3.40. The summed E-state index contributed by atoms with van der Waals surface area (Å²) in [6.45, 7) is 1.84. The van der Waals surface area contributed by atoms with E-state index in [0.717, 1.165) is 22.0 Å². The normalized spacial score (nSPS) is 11.2. The molecule has 4 aromatic rings. The predicted octanol–water partition coefficient (Wildman–Crippen LogP) is 1.78. The molecule has 0 unspecified atom stereocenters. The van der Waals surface area contributed by atoms with Gasteiger partial charge in [0.1, 0.15) is 10.4 Å². The van der Waals surface area contributed by atoms with Crippen molar-refractivity contribution in [3.63, 3.8) is 0 Å². The minimum absolute atomic E-state index is 0.00562. The van der Waals surface area contributed by atoms with Crippen LogP contribution >= 0.6 is 23.1 Å². The van der Waals surface area contributed by atoms with E-state index in [4.69, 9.17) is 4.42 Å². The highest BCUT2D eigenvalue weighted by Crippen LogP contribution is 2.26. The van der Waals surface area contributed by atoms with E-state index in [2.05, 4.69) is 20.3 Å². The molecule has 4 aromatic heterocycles. The lowest BCUT2D eigenvalue weighted by molar-refractivity contribution is -0.113. The van der Waals surface area contributed by atoms with Crippen LogP contribution in [0.1, 0.15) is 5.69 Å². The fourth-order valence-electron chi connectivity index (χ4n) is 2.75. The molecular formula is C18H16N6O4S2. The second-order valence-electron chi connectivity index (χ2n) is 6.36. The third kappa shape index (κ3) is 3.66.